The van der Waals surface area contributed by atoms with Gasteiger partial charge in [0.25, 0.3) is 0 Å². The quantitative estimate of drug-likeness (QED) is 0.721. The van der Waals surface area contributed by atoms with Crippen molar-refractivity contribution in [1.82, 2.24) is 25.0 Å². The number of aromatic nitrogens is 5. The number of carbonyl (C=O) groups is 1. The van der Waals surface area contributed by atoms with Crippen molar-refractivity contribution < 1.29 is 4.79 Å². The summed E-state index contributed by atoms with van der Waals surface area (Å²) in [6, 6.07) is 9.07. The molecule has 0 aliphatic rings. The lowest BCUT2D eigenvalue weighted by molar-refractivity contribution is 0.100. The fourth-order valence-corrected chi connectivity index (χ4v) is 1.96. The van der Waals surface area contributed by atoms with E-state index in [2.05, 4.69) is 20.3 Å². The van der Waals surface area contributed by atoms with Crippen LogP contribution in [0.15, 0.2) is 30.3 Å². The van der Waals surface area contributed by atoms with Gasteiger partial charge in [-0.3, -0.25) is 9.89 Å². The third kappa shape index (κ3) is 2.50. The summed E-state index contributed by atoms with van der Waals surface area (Å²) in [5, 5.41) is 11.7. The van der Waals surface area contributed by atoms with E-state index in [0.29, 0.717) is 10.8 Å². The van der Waals surface area contributed by atoms with Crippen LogP contribution in [0.2, 0.25) is 5.02 Å². The van der Waals surface area contributed by atoms with E-state index in [0.717, 1.165) is 11.3 Å². The average molecular weight is 303 g/mol. The number of carbonyl (C=O) groups excluding carboxylic acids is 1. The zero-order valence-corrected chi connectivity index (χ0v) is 11.8. The Labute approximate surface area is 124 Å². The van der Waals surface area contributed by atoms with Crippen LogP contribution in [-0.2, 0) is 0 Å². The lowest BCUT2D eigenvalue weighted by Gasteiger charge is -1.96. The second-order valence-electron chi connectivity index (χ2n) is 4.41. The molecule has 0 amide bonds. The fourth-order valence-electron chi connectivity index (χ4n) is 1.84. The number of Topliss-reactive ketones (excluding diaryl/α,β-unsaturated/α-hetero) is 1. The Morgan fingerprint density at radius 2 is 2.05 bits per heavy atom. The number of hydrogen-bond donors (Lipinski definition) is 2. The molecule has 0 unspecified atom stereocenters. The molecular weight excluding hydrogens is 292 g/mol. The van der Waals surface area contributed by atoms with Crippen molar-refractivity contribution in [2.45, 2.75) is 6.92 Å². The minimum Gasteiger partial charge on any atom is -0.368 e. The molecule has 0 atom stereocenters. The molecule has 2 heterocycles. The normalized spacial score (nSPS) is 10.8. The molecule has 8 heteroatoms. The van der Waals surface area contributed by atoms with Gasteiger partial charge >= 0.3 is 0 Å². The highest BCUT2D eigenvalue weighted by molar-refractivity contribution is 6.30. The molecule has 7 nitrogen and oxygen atoms in total. The van der Waals surface area contributed by atoms with Crippen LogP contribution in [-0.4, -0.2) is 30.7 Å². The van der Waals surface area contributed by atoms with Crippen LogP contribution in [0.1, 0.15) is 17.5 Å². The first kappa shape index (κ1) is 13.3. The van der Waals surface area contributed by atoms with Crippen molar-refractivity contribution in [3.63, 3.8) is 0 Å². The van der Waals surface area contributed by atoms with E-state index < -0.39 is 0 Å². The fraction of sp³-hybridized carbons (Fsp3) is 0.0769. The lowest BCUT2D eigenvalue weighted by atomic mass is 10.1. The number of anilines is 1. The van der Waals surface area contributed by atoms with Crippen LogP contribution in [0.25, 0.3) is 17.1 Å². The van der Waals surface area contributed by atoms with Crippen LogP contribution in [0.5, 0.6) is 0 Å². The highest BCUT2D eigenvalue weighted by Crippen LogP contribution is 2.21. The van der Waals surface area contributed by atoms with Crippen LogP contribution < -0.4 is 5.73 Å². The van der Waals surface area contributed by atoms with Gasteiger partial charge < -0.3 is 5.73 Å². The first-order chi connectivity index (χ1) is 10.0. The zero-order valence-electron chi connectivity index (χ0n) is 11.0. The maximum absolute atomic E-state index is 11.3. The van der Waals surface area contributed by atoms with E-state index in [1.54, 1.807) is 18.2 Å². The number of hydrogen-bond acceptors (Lipinski definition) is 5. The minimum absolute atomic E-state index is 0.0588. The van der Waals surface area contributed by atoms with Gasteiger partial charge in [0.2, 0.25) is 11.8 Å². The number of nitrogens with two attached hydrogens (primary N) is 1. The van der Waals surface area contributed by atoms with Crippen molar-refractivity contribution in [1.29, 1.82) is 0 Å². The number of rotatable bonds is 3. The SMILES string of the molecule is CC(=O)c1nc(N)n(-c2cc(-c3ccc(Cl)cc3)[nH]n2)n1. The van der Waals surface area contributed by atoms with E-state index >= 15 is 0 Å². The molecule has 1 aromatic carbocycles. The number of H-pyrrole nitrogens is 1. The number of nitrogens with zero attached hydrogens (tertiary/aromatic N) is 4. The summed E-state index contributed by atoms with van der Waals surface area (Å²) in [5.74, 6) is 0.365. The highest BCUT2D eigenvalue weighted by Gasteiger charge is 2.14. The molecule has 0 radical (unpaired) electrons. The first-order valence-corrected chi connectivity index (χ1v) is 6.47. The molecule has 0 saturated carbocycles. The Balaban J connectivity index is 1.98. The van der Waals surface area contributed by atoms with Gasteiger partial charge in [0.1, 0.15) is 0 Å². The minimum atomic E-state index is -0.256. The lowest BCUT2D eigenvalue weighted by Crippen LogP contribution is -2.03. The monoisotopic (exact) mass is 302 g/mol. The number of aromatic amines is 1. The summed E-state index contributed by atoms with van der Waals surface area (Å²) >= 11 is 5.86. The van der Waals surface area contributed by atoms with Crippen LogP contribution in [0.4, 0.5) is 5.95 Å². The van der Waals surface area contributed by atoms with E-state index in [-0.39, 0.29) is 17.6 Å². The Hall–Kier alpha value is -2.67. The molecule has 0 spiro atoms. The first-order valence-electron chi connectivity index (χ1n) is 6.10. The molecule has 2 aromatic heterocycles. The van der Waals surface area contributed by atoms with Gasteiger partial charge in [-0.1, -0.05) is 23.7 Å². The van der Waals surface area contributed by atoms with Gasteiger partial charge in [0, 0.05) is 18.0 Å². The van der Waals surface area contributed by atoms with Crippen molar-refractivity contribution in [3.8, 4) is 17.1 Å². The summed E-state index contributed by atoms with van der Waals surface area (Å²) in [4.78, 5) is 15.2. The van der Waals surface area contributed by atoms with Crippen LogP contribution >= 0.6 is 11.6 Å². The van der Waals surface area contributed by atoms with Gasteiger partial charge in [-0.05, 0) is 17.7 Å². The van der Waals surface area contributed by atoms with Crippen LogP contribution in [0, 0.1) is 0 Å². The summed E-state index contributed by atoms with van der Waals surface area (Å²) in [5.41, 5.74) is 7.44. The third-order valence-electron chi connectivity index (χ3n) is 2.88. The van der Waals surface area contributed by atoms with E-state index in [4.69, 9.17) is 17.3 Å². The van der Waals surface area contributed by atoms with E-state index in [1.165, 1.54) is 11.6 Å². The molecule has 3 rings (SSSR count). The molecule has 106 valence electrons. The molecule has 0 saturated heterocycles. The molecule has 3 N–H and O–H groups in total. The van der Waals surface area contributed by atoms with Crippen molar-refractivity contribution in [2.75, 3.05) is 5.73 Å². The maximum atomic E-state index is 11.3. The van der Waals surface area contributed by atoms with E-state index in [1.807, 2.05) is 12.1 Å². The predicted octanol–water partition coefficient (Wildman–Crippen LogP) is 2.10. The molecule has 21 heavy (non-hydrogen) atoms. The molecule has 0 aliphatic heterocycles. The number of halogens is 1. The second-order valence-corrected chi connectivity index (χ2v) is 4.84. The summed E-state index contributed by atoms with van der Waals surface area (Å²) in [6.45, 7) is 1.38. The molecule has 3 aromatic rings. The number of benzene rings is 1. The Morgan fingerprint density at radius 1 is 1.33 bits per heavy atom. The highest BCUT2D eigenvalue weighted by atomic mass is 35.5. The largest absolute Gasteiger partial charge is 0.368 e. The van der Waals surface area contributed by atoms with E-state index in [9.17, 15) is 4.79 Å². The predicted molar refractivity (Wildman–Crippen MR) is 78.4 cm³/mol. The van der Waals surface area contributed by atoms with Gasteiger partial charge in [0.05, 0.1) is 5.69 Å². The molecule has 0 bridgehead atoms. The topological polar surface area (TPSA) is 102 Å². The summed E-state index contributed by atoms with van der Waals surface area (Å²) in [7, 11) is 0. The summed E-state index contributed by atoms with van der Waals surface area (Å²) in [6.07, 6.45) is 0. The smallest absolute Gasteiger partial charge is 0.225 e. The Morgan fingerprint density at radius 3 is 2.67 bits per heavy atom. The third-order valence-corrected chi connectivity index (χ3v) is 3.14. The average Bonchev–Trinajstić information content (AvgIpc) is 3.06. The number of nitrogens with one attached hydrogen (secondary N) is 1. The molecular formula is C13H11ClN6O. The van der Waals surface area contributed by atoms with Crippen molar-refractivity contribution in [3.05, 3.63) is 41.2 Å². The Bertz CT molecular complexity index is 804. The number of nitrogen functional groups attached to an aromatic ring is 1. The van der Waals surface area contributed by atoms with Gasteiger partial charge in [-0.15, -0.1) is 5.10 Å². The Kier molecular flexibility index (Phi) is 3.19. The van der Waals surface area contributed by atoms with Gasteiger partial charge in [0.15, 0.2) is 11.6 Å². The molecule has 0 aliphatic carbocycles. The molecule has 0 fully saturated rings. The second kappa shape index (κ2) is 5.02. The van der Waals surface area contributed by atoms with Crippen molar-refractivity contribution in [2.24, 2.45) is 0 Å². The summed E-state index contributed by atoms with van der Waals surface area (Å²) < 4.78 is 1.31. The standard InChI is InChI=1S/C13H11ClN6O/c1-7(21)12-16-13(15)20(19-12)11-6-10(17-18-11)8-2-4-9(14)5-3-8/h2-6H,1H3,(H,17,18)(H2,15,16,19). The van der Waals surface area contributed by atoms with Gasteiger partial charge in [-0.25, -0.2) is 0 Å². The maximum Gasteiger partial charge on any atom is 0.225 e. The van der Waals surface area contributed by atoms with Crippen LogP contribution in [0.3, 0.4) is 0 Å². The van der Waals surface area contributed by atoms with Crippen molar-refractivity contribution >= 4 is 23.3 Å². The number of ketones is 1. The van der Waals surface area contributed by atoms with Gasteiger partial charge in [-0.2, -0.15) is 14.8 Å². The zero-order chi connectivity index (χ0) is 15.0.